The lowest BCUT2D eigenvalue weighted by atomic mass is 9.78. The highest BCUT2D eigenvalue weighted by Crippen LogP contribution is 2.59. The van der Waals surface area contributed by atoms with Gasteiger partial charge in [0.05, 0.1) is 22.3 Å². The maximum Gasteiger partial charge on any atom is 0.340 e. The van der Waals surface area contributed by atoms with Crippen LogP contribution in [0.25, 0.3) is 0 Å². The molecule has 1 aliphatic heterocycles. The molecule has 1 N–H and O–H groups in total. The molecular formula is C22H15I2O10S-. The van der Waals surface area contributed by atoms with Crippen molar-refractivity contribution in [2.45, 2.75) is 23.5 Å². The molecule has 2 bridgehead atoms. The van der Waals surface area contributed by atoms with Crippen LogP contribution in [0.15, 0.2) is 41.3 Å². The quantitative estimate of drug-likeness (QED) is 0.210. The summed E-state index contributed by atoms with van der Waals surface area (Å²) < 4.78 is 50.9. The van der Waals surface area contributed by atoms with Gasteiger partial charge < -0.3 is 23.9 Å². The molecule has 1 heterocycles. The number of benzene rings is 2. The van der Waals surface area contributed by atoms with E-state index < -0.39 is 62.9 Å². The van der Waals surface area contributed by atoms with Crippen molar-refractivity contribution in [3.8, 4) is 11.5 Å². The molecule has 5 rings (SSSR count). The van der Waals surface area contributed by atoms with Gasteiger partial charge in [0.25, 0.3) is 0 Å². The van der Waals surface area contributed by atoms with Crippen LogP contribution in [-0.4, -0.2) is 48.2 Å². The van der Waals surface area contributed by atoms with Crippen LogP contribution in [0.5, 0.6) is 11.5 Å². The molecule has 2 aliphatic carbocycles. The van der Waals surface area contributed by atoms with Crippen LogP contribution in [0, 0.1) is 30.8 Å². The second-order valence-corrected chi connectivity index (χ2v) is 12.2. The van der Waals surface area contributed by atoms with E-state index in [1.807, 2.05) is 45.2 Å². The second kappa shape index (κ2) is 8.85. The first-order chi connectivity index (χ1) is 16.5. The molecule has 3 fully saturated rings. The summed E-state index contributed by atoms with van der Waals surface area (Å²) in [6.45, 7) is 0. The predicted octanol–water partition coefficient (Wildman–Crippen LogP) is 2.44. The van der Waals surface area contributed by atoms with Crippen LogP contribution < -0.4 is 4.74 Å². The Bertz CT molecular complexity index is 1330. The van der Waals surface area contributed by atoms with E-state index in [0.717, 1.165) is 12.1 Å². The molecule has 2 aromatic rings. The SMILES string of the molecule is O=C(OC1C2CC3C1OC(=O)C3C2C(=O)Oc1ccc(S(=O)(=O)[O-])cc1)c1c(I)cc(O)cc1I. The molecule has 2 aromatic carbocycles. The fourth-order valence-electron chi connectivity index (χ4n) is 5.26. The summed E-state index contributed by atoms with van der Waals surface area (Å²) >= 11 is 3.83. The van der Waals surface area contributed by atoms with Crippen molar-refractivity contribution >= 4 is 73.2 Å². The van der Waals surface area contributed by atoms with Crippen molar-refractivity contribution in [1.29, 1.82) is 0 Å². The number of fused-ring (bicyclic) bond motifs is 1. The standard InChI is InChI=1S/C22H16I2O10S/c23-13-5-8(25)6-14(24)17(13)22(28)34-19-11-7-12-16(21(27)33-18(12)19)15(11)20(26)32-9-1-3-10(4-2-9)35(29,30)31/h1-6,11-12,15-16,18-19,25H,7H2,(H,29,30,31)/p-1. The minimum atomic E-state index is -4.65. The van der Waals surface area contributed by atoms with Gasteiger partial charge in [0.1, 0.15) is 33.8 Å². The Morgan fingerprint density at radius 3 is 2.31 bits per heavy atom. The Labute approximate surface area is 226 Å². The van der Waals surface area contributed by atoms with E-state index >= 15 is 0 Å². The normalized spacial score (nSPS) is 28.6. The number of hydrogen-bond donors (Lipinski definition) is 1. The van der Waals surface area contributed by atoms with Crippen molar-refractivity contribution in [3.05, 3.63) is 49.1 Å². The molecule has 13 heteroatoms. The van der Waals surface area contributed by atoms with Crippen molar-refractivity contribution in [3.63, 3.8) is 0 Å². The minimum Gasteiger partial charge on any atom is -0.744 e. The Morgan fingerprint density at radius 1 is 1.09 bits per heavy atom. The van der Waals surface area contributed by atoms with Gasteiger partial charge >= 0.3 is 17.9 Å². The third-order valence-electron chi connectivity index (χ3n) is 6.62. The summed E-state index contributed by atoms with van der Waals surface area (Å²) in [5, 5.41) is 9.74. The summed E-state index contributed by atoms with van der Waals surface area (Å²) in [5.41, 5.74) is 0.264. The average Bonchev–Trinajstić information content (AvgIpc) is 3.36. The number of ether oxygens (including phenoxy) is 3. The summed E-state index contributed by atoms with van der Waals surface area (Å²) in [4.78, 5) is 38.2. The lowest BCUT2D eigenvalue weighted by Crippen LogP contribution is -2.44. The van der Waals surface area contributed by atoms with Crippen molar-refractivity contribution in [2.75, 3.05) is 0 Å². The van der Waals surface area contributed by atoms with Gasteiger partial charge in [-0.25, -0.2) is 13.2 Å². The number of carbonyl (C=O) groups is 3. The lowest BCUT2D eigenvalue weighted by molar-refractivity contribution is -0.149. The van der Waals surface area contributed by atoms with Crippen molar-refractivity contribution < 1.29 is 46.7 Å². The molecule has 0 radical (unpaired) electrons. The third-order valence-corrected chi connectivity index (χ3v) is 9.17. The number of carbonyl (C=O) groups excluding carboxylic acids is 3. The van der Waals surface area contributed by atoms with Gasteiger partial charge in [0.2, 0.25) is 0 Å². The van der Waals surface area contributed by atoms with Gasteiger partial charge in [0, 0.05) is 19.0 Å². The van der Waals surface area contributed by atoms with E-state index in [-0.39, 0.29) is 23.0 Å². The van der Waals surface area contributed by atoms with E-state index in [4.69, 9.17) is 14.2 Å². The topological polar surface area (TPSA) is 156 Å². The highest BCUT2D eigenvalue weighted by Gasteiger charge is 2.70. The van der Waals surface area contributed by atoms with Gasteiger partial charge in [-0.05, 0) is 88.0 Å². The van der Waals surface area contributed by atoms with Gasteiger partial charge in [-0.3, -0.25) is 9.59 Å². The maximum atomic E-state index is 13.1. The Morgan fingerprint density at radius 2 is 1.71 bits per heavy atom. The molecule has 0 spiro atoms. The largest absolute Gasteiger partial charge is 0.744 e. The van der Waals surface area contributed by atoms with Crippen molar-refractivity contribution in [1.82, 2.24) is 0 Å². The van der Waals surface area contributed by atoms with Gasteiger partial charge in [-0.2, -0.15) is 0 Å². The molecule has 6 unspecified atom stereocenters. The summed E-state index contributed by atoms with van der Waals surface area (Å²) in [6, 6.07) is 7.26. The summed E-state index contributed by atoms with van der Waals surface area (Å²) in [5.74, 6) is -4.36. The number of aromatic hydroxyl groups is 1. The number of phenols is 1. The van der Waals surface area contributed by atoms with Gasteiger partial charge in [-0.15, -0.1) is 0 Å². The number of hydrogen-bond acceptors (Lipinski definition) is 10. The zero-order valence-corrected chi connectivity index (χ0v) is 22.6. The monoisotopic (exact) mass is 725 g/mol. The summed E-state index contributed by atoms with van der Waals surface area (Å²) in [7, 11) is -4.65. The molecule has 2 saturated carbocycles. The van der Waals surface area contributed by atoms with E-state index in [9.17, 15) is 32.5 Å². The molecule has 184 valence electrons. The Hall–Kier alpha value is -1.98. The van der Waals surface area contributed by atoms with Crippen LogP contribution >= 0.6 is 45.2 Å². The van der Waals surface area contributed by atoms with E-state index in [2.05, 4.69) is 0 Å². The Kier molecular flexibility index (Phi) is 6.24. The lowest BCUT2D eigenvalue weighted by Gasteiger charge is -2.30. The fraction of sp³-hybridized carbons (Fsp3) is 0.318. The van der Waals surface area contributed by atoms with Gasteiger partial charge in [0.15, 0.2) is 0 Å². The highest BCUT2D eigenvalue weighted by atomic mass is 127. The number of esters is 3. The molecule has 0 aromatic heterocycles. The zero-order chi connectivity index (χ0) is 25.2. The molecule has 35 heavy (non-hydrogen) atoms. The van der Waals surface area contributed by atoms with Crippen LogP contribution in [0.1, 0.15) is 16.8 Å². The van der Waals surface area contributed by atoms with E-state index in [0.29, 0.717) is 13.6 Å². The van der Waals surface area contributed by atoms with Crippen molar-refractivity contribution in [2.24, 2.45) is 23.7 Å². The average molecular weight is 725 g/mol. The second-order valence-electron chi connectivity index (χ2n) is 8.52. The molecule has 3 aliphatic rings. The number of rotatable bonds is 5. The molecule has 10 nitrogen and oxygen atoms in total. The first kappa shape index (κ1) is 24.7. The molecule has 6 atom stereocenters. The number of phenolic OH excluding ortho intramolecular Hbond substituents is 1. The van der Waals surface area contributed by atoms with Crippen LogP contribution in [0.3, 0.4) is 0 Å². The van der Waals surface area contributed by atoms with Crippen LogP contribution in [-0.2, 0) is 29.2 Å². The van der Waals surface area contributed by atoms with Crippen LogP contribution in [0.4, 0.5) is 0 Å². The van der Waals surface area contributed by atoms with E-state index in [1.54, 1.807) is 0 Å². The highest BCUT2D eigenvalue weighted by molar-refractivity contribution is 14.1. The predicted molar refractivity (Wildman–Crippen MR) is 131 cm³/mol. The maximum absolute atomic E-state index is 13.1. The first-order valence-corrected chi connectivity index (χ1v) is 13.9. The molecule has 0 amide bonds. The van der Waals surface area contributed by atoms with Crippen LogP contribution in [0.2, 0.25) is 0 Å². The zero-order valence-electron chi connectivity index (χ0n) is 17.4. The fourth-order valence-corrected chi connectivity index (χ4v) is 7.91. The molecular weight excluding hydrogens is 710 g/mol. The summed E-state index contributed by atoms with van der Waals surface area (Å²) in [6.07, 6.45) is -1.06. The van der Waals surface area contributed by atoms with E-state index in [1.165, 1.54) is 24.3 Å². The molecule has 1 saturated heterocycles. The minimum absolute atomic E-state index is 0.00605. The van der Waals surface area contributed by atoms with Gasteiger partial charge in [-0.1, -0.05) is 0 Å². The number of halogens is 2. The first-order valence-electron chi connectivity index (χ1n) is 10.3. The Balaban J connectivity index is 1.37. The third kappa shape index (κ3) is 4.29. The smallest absolute Gasteiger partial charge is 0.340 e.